The number of anilines is 4. The second-order valence-electron chi connectivity index (χ2n) is 7.83. The van der Waals surface area contributed by atoms with E-state index in [0.717, 1.165) is 24.3 Å². The molecule has 4 rings (SSSR count). The summed E-state index contributed by atoms with van der Waals surface area (Å²) in [5.41, 5.74) is -0.0196. The number of nitrogens with zero attached hydrogens (tertiary/aromatic N) is 6. The van der Waals surface area contributed by atoms with Crippen molar-refractivity contribution in [2.45, 2.75) is 9.79 Å². The van der Waals surface area contributed by atoms with Crippen LogP contribution in [0.1, 0.15) is 11.1 Å². The van der Waals surface area contributed by atoms with Crippen molar-refractivity contribution in [2.24, 2.45) is 0 Å². The summed E-state index contributed by atoms with van der Waals surface area (Å²) in [6, 6.07) is 7.12. The van der Waals surface area contributed by atoms with Crippen LogP contribution >= 0.6 is 23.2 Å². The Labute approximate surface area is 346 Å². The second-order valence-corrected chi connectivity index (χ2v) is 11.2. The number of hydrogen-bond donors (Lipinski definition) is 2. The molecule has 0 atom stereocenters. The van der Waals surface area contributed by atoms with Crippen molar-refractivity contribution in [2.75, 3.05) is 24.9 Å². The van der Waals surface area contributed by atoms with Gasteiger partial charge in [0.05, 0.1) is 24.0 Å². The van der Waals surface area contributed by atoms with Crippen molar-refractivity contribution in [3.8, 4) is 12.0 Å². The van der Waals surface area contributed by atoms with E-state index in [9.17, 15) is 25.9 Å². The summed E-state index contributed by atoms with van der Waals surface area (Å²) in [4.78, 5) is 21.6. The van der Waals surface area contributed by atoms with E-state index in [4.69, 9.17) is 32.7 Å². The third-order valence-electron chi connectivity index (χ3n) is 5.06. The molecule has 0 fully saturated rings. The van der Waals surface area contributed by atoms with Crippen LogP contribution in [-0.4, -0.2) is 70.1 Å². The molecule has 4 aromatic rings. The normalized spacial score (nSPS) is 11.3. The van der Waals surface area contributed by atoms with Crippen LogP contribution in [0.5, 0.6) is 12.0 Å². The molecule has 0 bridgehead atoms. The molecule has 2 aromatic carbocycles. The van der Waals surface area contributed by atoms with Gasteiger partial charge in [0.25, 0.3) is 0 Å². The van der Waals surface area contributed by atoms with Gasteiger partial charge < -0.3 is 29.2 Å². The van der Waals surface area contributed by atoms with Crippen molar-refractivity contribution in [1.29, 1.82) is 0 Å². The first kappa shape index (κ1) is 39.3. The predicted octanol–water partition coefficient (Wildman–Crippen LogP) is -3.15. The van der Waals surface area contributed by atoms with E-state index in [-0.39, 0.29) is 160 Å². The summed E-state index contributed by atoms with van der Waals surface area (Å²) in [6.45, 7) is 0. The molecule has 0 aliphatic carbocycles. The van der Waals surface area contributed by atoms with Crippen LogP contribution in [0, 0.1) is 0 Å². The van der Waals surface area contributed by atoms with E-state index in [1.54, 1.807) is 0 Å². The van der Waals surface area contributed by atoms with Crippen LogP contribution < -0.4 is 123 Å². The number of benzene rings is 2. The number of halogens is 2. The third kappa shape index (κ3) is 10.8. The molecular weight excluding hydrogens is 718 g/mol. The first-order chi connectivity index (χ1) is 19.7. The summed E-state index contributed by atoms with van der Waals surface area (Å²) >= 11 is 11.6. The Hall–Kier alpha value is -0.927. The largest absolute Gasteiger partial charge is 1.00 e. The predicted molar refractivity (Wildman–Crippen MR) is 147 cm³/mol. The summed E-state index contributed by atoms with van der Waals surface area (Å²) in [5.74, 6) is -0.192. The Morgan fingerprint density at radius 1 is 0.659 bits per heavy atom. The maximum Gasteiger partial charge on any atom is 1.00 e. The molecule has 16 nitrogen and oxygen atoms in total. The maximum atomic E-state index is 12.0. The minimum Gasteiger partial charge on any atom is -0.744 e. The van der Waals surface area contributed by atoms with Gasteiger partial charge in [-0.2, -0.15) is 29.9 Å². The standard InChI is InChI=1S/C22H18Cl2N8O8S2.2K/c1-39-21-29-17(23)27-19(31-21)25-13-7-5-11(15(9-13)41(33,34)35)3-4-12-6-8-14(10-16(12)42(36,37)38)26-20-28-18(24)30-22(32-20)40-2;;/h3-10H,1-2H3,(H,33,34,35)(H,36,37,38)(H,25,27,29,31)(H,26,28,30,32);;/q;2*+1/p-2. The maximum absolute atomic E-state index is 12.0. The molecule has 44 heavy (non-hydrogen) atoms. The number of ether oxygens (including phenoxy) is 2. The van der Waals surface area contributed by atoms with Gasteiger partial charge in [0.1, 0.15) is 20.2 Å². The van der Waals surface area contributed by atoms with Gasteiger partial charge in [-0.3, -0.25) is 0 Å². The molecule has 0 radical (unpaired) electrons. The van der Waals surface area contributed by atoms with Crippen molar-refractivity contribution >= 4 is 78.9 Å². The van der Waals surface area contributed by atoms with E-state index in [2.05, 4.69) is 40.5 Å². The molecular formula is C22H16Cl2K2N8O8S2. The Balaban J connectivity index is 0.00000337. The van der Waals surface area contributed by atoms with Gasteiger partial charge in [-0.05, 0) is 58.6 Å². The summed E-state index contributed by atoms with van der Waals surface area (Å²) in [6.07, 6.45) is 2.32. The molecule has 0 spiro atoms. The molecule has 2 aromatic heterocycles. The zero-order valence-corrected chi connectivity index (χ0v) is 32.5. The van der Waals surface area contributed by atoms with E-state index < -0.39 is 30.0 Å². The Morgan fingerprint density at radius 2 is 1.02 bits per heavy atom. The summed E-state index contributed by atoms with van der Waals surface area (Å²) in [5, 5.41) is 4.96. The van der Waals surface area contributed by atoms with Crippen LogP contribution in [0.3, 0.4) is 0 Å². The van der Waals surface area contributed by atoms with Gasteiger partial charge in [-0.25, -0.2) is 16.8 Å². The molecule has 220 valence electrons. The van der Waals surface area contributed by atoms with Crippen molar-refractivity contribution < 1.29 is 138 Å². The third-order valence-corrected chi connectivity index (χ3v) is 7.18. The minimum absolute atomic E-state index is 0. The zero-order chi connectivity index (χ0) is 30.7. The molecule has 2 N–H and O–H groups in total. The number of aromatic nitrogens is 6. The first-order valence-electron chi connectivity index (χ1n) is 11.1. The molecule has 0 aliphatic heterocycles. The minimum atomic E-state index is -5.04. The second kappa shape index (κ2) is 16.8. The number of hydrogen-bond acceptors (Lipinski definition) is 16. The summed E-state index contributed by atoms with van der Waals surface area (Å²) < 4.78 is 82.1. The van der Waals surface area contributed by atoms with Crippen LogP contribution in [0.2, 0.25) is 10.6 Å². The SMILES string of the molecule is COc1nc(Cl)nc(Nc2ccc(C=Cc3ccc(Nc4nc(Cl)nc(OC)n4)cc3S(=O)(=O)[O-])c(S(=O)(=O)[O-])c2)n1.[K+].[K+]. The molecule has 0 aliphatic rings. The van der Waals surface area contributed by atoms with Crippen LogP contribution in [-0.2, 0) is 20.2 Å². The van der Waals surface area contributed by atoms with Crippen LogP contribution in [0.4, 0.5) is 23.3 Å². The van der Waals surface area contributed by atoms with Crippen molar-refractivity contribution in [1.82, 2.24) is 29.9 Å². The zero-order valence-electron chi connectivity index (χ0n) is 23.1. The van der Waals surface area contributed by atoms with Crippen molar-refractivity contribution in [3.63, 3.8) is 0 Å². The van der Waals surface area contributed by atoms with Gasteiger partial charge in [-0.1, -0.05) is 24.3 Å². The Morgan fingerprint density at radius 3 is 1.34 bits per heavy atom. The Kier molecular flexibility index (Phi) is 15.0. The fourth-order valence-electron chi connectivity index (χ4n) is 3.33. The van der Waals surface area contributed by atoms with E-state index in [0.29, 0.717) is 0 Å². The van der Waals surface area contributed by atoms with Gasteiger partial charge >= 0.3 is 115 Å². The van der Waals surface area contributed by atoms with E-state index >= 15 is 0 Å². The molecule has 0 amide bonds. The fraction of sp³-hybridized carbons (Fsp3) is 0.0909. The fourth-order valence-corrected chi connectivity index (χ4v) is 5.03. The van der Waals surface area contributed by atoms with Gasteiger partial charge in [0.2, 0.25) is 22.5 Å². The number of rotatable bonds is 10. The molecule has 0 unspecified atom stereocenters. The topological polar surface area (TPSA) is 234 Å². The molecule has 0 saturated heterocycles. The number of methoxy groups -OCH3 is 2. The van der Waals surface area contributed by atoms with Gasteiger partial charge in [0.15, 0.2) is 0 Å². The average Bonchev–Trinajstić information content (AvgIpc) is 2.91. The van der Waals surface area contributed by atoms with Crippen LogP contribution in [0.15, 0.2) is 46.2 Å². The Bertz CT molecular complexity index is 1790. The van der Waals surface area contributed by atoms with Gasteiger partial charge in [-0.15, -0.1) is 0 Å². The van der Waals surface area contributed by atoms with Gasteiger partial charge in [0, 0.05) is 11.4 Å². The quantitative estimate of drug-likeness (QED) is 0.0931. The molecule has 22 heteroatoms. The molecule has 2 heterocycles. The van der Waals surface area contributed by atoms with Crippen LogP contribution in [0.25, 0.3) is 12.2 Å². The average molecular weight is 734 g/mol. The first-order valence-corrected chi connectivity index (χ1v) is 14.7. The monoisotopic (exact) mass is 732 g/mol. The van der Waals surface area contributed by atoms with E-state index in [1.165, 1.54) is 38.5 Å². The summed E-state index contributed by atoms with van der Waals surface area (Å²) in [7, 11) is -7.47. The molecule has 0 saturated carbocycles. The van der Waals surface area contributed by atoms with Crippen molar-refractivity contribution in [3.05, 3.63) is 58.1 Å². The van der Waals surface area contributed by atoms with E-state index in [1.807, 2.05) is 0 Å². The number of nitrogens with one attached hydrogen (secondary N) is 2. The smallest absolute Gasteiger partial charge is 0.744 e.